The number of benzene rings is 1. The Hall–Kier alpha value is -2.94. The topological polar surface area (TPSA) is 88.7 Å². The second-order valence-corrected chi connectivity index (χ2v) is 7.88. The molecule has 0 spiro atoms. The molecule has 0 bridgehead atoms. The first kappa shape index (κ1) is 19.4. The zero-order valence-corrected chi connectivity index (χ0v) is 17.2. The van der Waals surface area contributed by atoms with Gasteiger partial charge in [0.05, 0.1) is 5.92 Å². The molecule has 0 radical (unpaired) electrons. The zero-order valence-electron chi connectivity index (χ0n) is 15.6. The largest absolute Gasteiger partial charge is 0.356 e. The molecule has 1 fully saturated rings. The van der Waals surface area contributed by atoms with Crippen molar-refractivity contribution in [2.75, 3.05) is 18.0 Å². The smallest absolute Gasteiger partial charge is 0.350 e. The summed E-state index contributed by atoms with van der Waals surface area (Å²) in [5, 5.41) is 7.14. The standard InChI is InChI=1S/C20H20BrN5O3/c21-15-5-3-6-16(12-15)25-13-14(11-18(25)27)19(28)22-8-4-10-26-20(29)24-9-2-1-7-17(24)23-26/h1-3,5-7,9,12,14H,4,8,10-11,13H2,(H,22,28). The van der Waals surface area contributed by atoms with Crippen molar-refractivity contribution in [3.05, 3.63) is 63.6 Å². The summed E-state index contributed by atoms with van der Waals surface area (Å²) in [7, 11) is 0. The number of pyridine rings is 1. The summed E-state index contributed by atoms with van der Waals surface area (Å²) in [4.78, 5) is 38.7. The van der Waals surface area contributed by atoms with Gasteiger partial charge in [-0.05, 0) is 36.8 Å². The Morgan fingerprint density at radius 2 is 2.07 bits per heavy atom. The molecule has 150 valence electrons. The number of rotatable bonds is 6. The highest BCUT2D eigenvalue weighted by atomic mass is 79.9. The first-order chi connectivity index (χ1) is 14.0. The summed E-state index contributed by atoms with van der Waals surface area (Å²) in [6.07, 6.45) is 2.45. The lowest BCUT2D eigenvalue weighted by Gasteiger charge is -2.17. The van der Waals surface area contributed by atoms with Crippen molar-refractivity contribution in [3.63, 3.8) is 0 Å². The Bertz CT molecular complexity index is 1120. The van der Waals surface area contributed by atoms with Gasteiger partial charge in [0.25, 0.3) is 0 Å². The molecule has 9 heteroatoms. The molecule has 29 heavy (non-hydrogen) atoms. The van der Waals surface area contributed by atoms with Crippen LogP contribution in [0.5, 0.6) is 0 Å². The number of aromatic nitrogens is 3. The molecule has 4 rings (SSSR count). The van der Waals surface area contributed by atoms with E-state index in [1.807, 2.05) is 30.3 Å². The van der Waals surface area contributed by atoms with E-state index in [4.69, 9.17) is 0 Å². The third-order valence-corrected chi connectivity index (χ3v) is 5.44. The van der Waals surface area contributed by atoms with E-state index in [1.165, 1.54) is 9.08 Å². The summed E-state index contributed by atoms with van der Waals surface area (Å²) in [6, 6.07) is 12.9. The Morgan fingerprint density at radius 1 is 1.21 bits per heavy atom. The molecule has 1 unspecified atom stereocenters. The van der Waals surface area contributed by atoms with Gasteiger partial charge >= 0.3 is 5.69 Å². The molecule has 0 saturated carbocycles. The Kier molecular flexibility index (Phi) is 5.48. The second-order valence-electron chi connectivity index (χ2n) is 6.96. The number of nitrogens with zero attached hydrogens (tertiary/aromatic N) is 4. The third kappa shape index (κ3) is 4.09. The number of anilines is 1. The monoisotopic (exact) mass is 457 g/mol. The quantitative estimate of drug-likeness (QED) is 0.571. The molecular weight excluding hydrogens is 438 g/mol. The van der Waals surface area contributed by atoms with Crippen LogP contribution < -0.4 is 15.9 Å². The molecule has 1 atom stereocenters. The minimum Gasteiger partial charge on any atom is -0.356 e. The zero-order chi connectivity index (χ0) is 20.4. The van der Waals surface area contributed by atoms with Crippen molar-refractivity contribution < 1.29 is 9.59 Å². The van der Waals surface area contributed by atoms with Gasteiger partial charge in [0.15, 0.2) is 5.65 Å². The summed E-state index contributed by atoms with van der Waals surface area (Å²) >= 11 is 3.40. The average molecular weight is 458 g/mol. The minimum atomic E-state index is -0.376. The van der Waals surface area contributed by atoms with Crippen LogP contribution >= 0.6 is 15.9 Å². The van der Waals surface area contributed by atoms with Gasteiger partial charge in [-0.1, -0.05) is 28.1 Å². The van der Waals surface area contributed by atoms with Crippen LogP contribution in [0.4, 0.5) is 5.69 Å². The SMILES string of the molecule is O=C(NCCCn1nc2ccccn2c1=O)C1CC(=O)N(c2cccc(Br)c2)C1. The van der Waals surface area contributed by atoms with E-state index in [9.17, 15) is 14.4 Å². The van der Waals surface area contributed by atoms with Crippen LogP contribution in [0.3, 0.4) is 0 Å². The van der Waals surface area contributed by atoms with Crippen molar-refractivity contribution in [2.45, 2.75) is 19.4 Å². The summed E-state index contributed by atoms with van der Waals surface area (Å²) in [5.74, 6) is -0.572. The first-order valence-electron chi connectivity index (χ1n) is 9.41. The predicted molar refractivity (Wildman–Crippen MR) is 112 cm³/mol. The van der Waals surface area contributed by atoms with Crippen molar-refractivity contribution >= 4 is 39.1 Å². The average Bonchev–Trinajstić information content (AvgIpc) is 3.26. The van der Waals surface area contributed by atoms with Gasteiger partial charge in [0.2, 0.25) is 11.8 Å². The number of carbonyl (C=O) groups is 2. The van der Waals surface area contributed by atoms with Gasteiger partial charge in [-0.15, -0.1) is 5.10 Å². The molecular formula is C20H20BrN5O3. The van der Waals surface area contributed by atoms with Crippen LogP contribution in [0, 0.1) is 5.92 Å². The van der Waals surface area contributed by atoms with E-state index in [0.717, 1.165) is 10.2 Å². The van der Waals surface area contributed by atoms with E-state index in [0.29, 0.717) is 31.7 Å². The van der Waals surface area contributed by atoms with Crippen molar-refractivity contribution in [2.24, 2.45) is 5.92 Å². The molecule has 1 saturated heterocycles. The molecule has 1 aliphatic heterocycles. The normalized spacial score (nSPS) is 16.5. The summed E-state index contributed by atoms with van der Waals surface area (Å²) in [5.41, 5.74) is 1.18. The maximum atomic E-state index is 12.5. The number of fused-ring (bicyclic) bond motifs is 1. The maximum absolute atomic E-state index is 12.5. The fourth-order valence-electron chi connectivity index (χ4n) is 3.48. The van der Waals surface area contributed by atoms with Crippen LogP contribution in [-0.2, 0) is 16.1 Å². The fourth-order valence-corrected chi connectivity index (χ4v) is 3.86. The highest BCUT2D eigenvalue weighted by Crippen LogP contribution is 2.27. The van der Waals surface area contributed by atoms with Gasteiger partial charge in [-0.3, -0.25) is 14.0 Å². The van der Waals surface area contributed by atoms with Gasteiger partial charge < -0.3 is 10.2 Å². The molecule has 8 nitrogen and oxygen atoms in total. The van der Waals surface area contributed by atoms with E-state index >= 15 is 0 Å². The molecule has 1 aliphatic rings. The number of halogens is 1. The van der Waals surface area contributed by atoms with Gasteiger partial charge in [-0.25, -0.2) is 9.48 Å². The number of hydrogen-bond acceptors (Lipinski definition) is 4. The van der Waals surface area contributed by atoms with E-state index in [2.05, 4.69) is 26.3 Å². The van der Waals surface area contributed by atoms with Crippen molar-refractivity contribution in [1.82, 2.24) is 19.5 Å². The fraction of sp³-hybridized carbons (Fsp3) is 0.300. The van der Waals surface area contributed by atoms with E-state index in [1.54, 1.807) is 23.2 Å². The number of hydrogen-bond donors (Lipinski definition) is 1. The second kappa shape index (κ2) is 8.20. The molecule has 3 aromatic rings. The Morgan fingerprint density at radius 3 is 2.86 bits per heavy atom. The lowest BCUT2D eigenvalue weighted by molar-refractivity contribution is -0.126. The van der Waals surface area contributed by atoms with Crippen LogP contribution in [0.2, 0.25) is 0 Å². The Balaban J connectivity index is 1.29. The van der Waals surface area contributed by atoms with E-state index < -0.39 is 0 Å². The summed E-state index contributed by atoms with van der Waals surface area (Å²) in [6.45, 7) is 1.20. The minimum absolute atomic E-state index is 0.0560. The molecule has 3 heterocycles. The molecule has 2 aromatic heterocycles. The lowest BCUT2D eigenvalue weighted by atomic mass is 10.1. The molecule has 1 aromatic carbocycles. The highest BCUT2D eigenvalue weighted by molar-refractivity contribution is 9.10. The summed E-state index contributed by atoms with van der Waals surface area (Å²) < 4.78 is 3.77. The molecule has 2 amide bonds. The van der Waals surface area contributed by atoms with E-state index in [-0.39, 0.29) is 29.8 Å². The predicted octanol–water partition coefficient (Wildman–Crippen LogP) is 1.82. The van der Waals surface area contributed by atoms with Gasteiger partial charge in [0, 0.05) is 42.4 Å². The molecule has 0 aliphatic carbocycles. The van der Waals surface area contributed by atoms with Crippen LogP contribution in [0.25, 0.3) is 5.65 Å². The Labute approximate surface area is 175 Å². The van der Waals surface area contributed by atoms with Crippen LogP contribution in [0.15, 0.2) is 57.9 Å². The number of nitrogens with one attached hydrogen (secondary N) is 1. The lowest BCUT2D eigenvalue weighted by Crippen LogP contribution is -2.34. The van der Waals surface area contributed by atoms with Gasteiger partial charge in [-0.2, -0.15) is 0 Å². The highest BCUT2D eigenvalue weighted by Gasteiger charge is 2.34. The number of carbonyl (C=O) groups excluding carboxylic acids is 2. The van der Waals surface area contributed by atoms with Gasteiger partial charge in [0.1, 0.15) is 0 Å². The first-order valence-corrected chi connectivity index (χ1v) is 10.2. The van der Waals surface area contributed by atoms with Crippen LogP contribution in [0.1, 0.15) is 12.8 Å². The number of aryl methyl sites for hydroxylation is 1. The van der Waals surface area contributed by atoms with Crippen LogP contribution in [-0.4, -0.2) is 39.1 Å². The maximum Gasteiger partial charge on any atom is 0.350 e. The third-order valence-electron chi connectivity index (χ3n) is 4.95. The van der Waals surface area contributed by atoms with Crippen molar-refractivity contribution in [1.29, 1.82) is 0 Å². The van der Waals surface area contributed by atoms with Crippen molar-refractivity contribution in [3.8, 4) is 0 Å². The molecule has 1 N–H and O–H groups in total. The number of amides is 2.